The van der Waals surface area contributed by atoms with Gasteiger partial charge in [-0.2, -0.15) is 0 Å². The van der Waals surface area contributed by atoms with Crippen LogP contribution in [0.25, 0.3) is 10.8 Å². The summed E-state index contributed by atoms with van der Waals surface area (Å²) in [5.74, 6) is -0.352. The van der Waals surface area contributed by atoms with E-state index in [9.17, 15) is 13.2 Å². The molecule has 0 aliphatic heterocycles. The van der Waals surface area contributed by atoms with Gasteiger partial charge in [-0.05, 0) is 36.4 Å². The number of hydrogen-bond acceptors (Lipinski definition) is 5. The molecule has 0 unspecified atom stereocenters. The van der Waals surface area contributed by atoms with Gasteiger partial charge in [0.2, 0.25) is 15.9 Å². The van der Waals surface area contributed by atoms with E-state index in [2.05, 4.69) is 10.3 Å². The molecule has 148 valence electrons. The van der Waals surface area contributed by atoms with Crippen LogP contribution >= 0.6 is 17.0 Å². The van der Waals surface area contributed by atoms with Gasteiger partial charge >= 0.3 is 0 Å². The maximum absolute atomic E-state index is 12.2. The predicted molar refractivity (Wildman–Crippen MR) is 112 cm³/mol. The van der Waals surface area contributed by atoms with E-state index in [-0.39, 0.29) is 33.7 Å². The number of hydrogen-bond donors (Lipinski definition) is 5. The lowest BCUT2D eigenvalue weighted by molar-refractivity contribution is -0.117. The first-order valence-corrected chi connectivity index (χ1v) is 9.40. The molecule has 2 aromatic rings. The van der Waals surface area contributed by atoms with Gasteiger partial charge in [-0.3, -0.25) is 9.79 Å². The van der Waals surface area contributed by atoms with Gasteiger partial charge in [0.1, 0.15) is 0 Å². The highest BCUT2D eigenvalue weighted by atomic mass is 79.9. The zero-order valence-corrected chi connectivity index (χ0v) is 17.0. The van der Waals surface area contributed by atoms with Crippen molar-refractivity contribution in [2.75, 3.05) is 11.9 Å². The Morgan fingerprint density at radius 3 is 2.52 bits per heavy atom. The number of carbonyl (C=O) groups is 1. The van der Waals surface area contributed by atoms with Crippen LogP contribution in [-0.2, 0) is 14.8 Å². The maximum Gasteiger partial charge on any atom is 0.241 e. The number of anilines is 1. The van der Waals surface area contributed by atoms with Crippen molar-refractivity contribution in [3.63, 3.8) is 0 Å². The van der Waals surface area contributed by atoms with Crippen molar-refractivity contribution >= 4 is 55.3 Å². The third-order valence-corrected chi connectivity index (χ3v) is 4.69. The van der Waals surface area contributed by atoms with Crippen LogP contribution in [0.2, 0.25) is 0 Å². The molecule has 0 aromatic heterocycles. The molecule has 1 atom stereocenters. The van der Waals surface area contributed by atoms with Crippen LogP contribution in [0.4, 0.5) is 5.69 Å². The molecular weight excluding hydrogens is 436 g/mol. The Kier molecular flexibility index (Phi) is 8.16. The molecule has 0 fully saturated rings. The van der Waals surface area contributed by atoms with Crippen LogP contribution in [0.5, 0.6) is 0 Å². The topological polar surface area (TPSA) is 180 Å². The first-order chi connectivity index (χ1) is 12.2. The minimum absolute atomic E-state index is 0. The number of nitrogens with zero attached hydrogens (tertiary/aromatic N) is 1. The smallest absolute Gasteiger partial charge is 0.241 e. The van der Waals surface area contributed by atoms with E-state index >= 15 is 0 Å². The number of fused-ring (bicyclic) bond motifs is 1. The maximum atomic E-state index is 12.2. The highest BCUT2D eigenvalue weighted by Gasteiger charge is 2.15. The predicted octanol–water partition coefficient (Wildman–Crippen LogP) is 0.385. The molecule has 0 spiro atoms. The highest BCUT2D eigenvalue weighted by Crippen LogP contribution is 2.25. The molecule has 0 aliphatic rings. The lowest BCUT2D eigenvalue weighted by atomic mass is 10.1. The summed E-state index contributed by atoms with van der Waals surface area (Å²) in [6, 6.07) is 8.89. The van der Waals surface area contributed by atoms with Crippen LogP contribution in [-0.4, -0.2) is 32.9 Å². The third-order valence-electron chi connectivity index (χ3n) is 3.72. The summed E-state index contributed by atoms with van der Waals surface area (Å²) in [6.45, 7) is 0.398. The number of halogens is 1. The molecule has 9 N–H and O–H groups in total. The number of rotatable bonds is 7. The largest absolute Gasteiger partial charge is 0.370 e. The van der Waals surface area contributed by atoms with Crippen LogP contribution < -0.4 is 27.7 Å². The molecular formula is C16H23BrN6O3S. The minimum Gasteiger partial charge on any atom is -0.370 e. The molecule has 11 heteroatoms. The van der Waals surface area contributed by atoms with E-state index in [1.807, 2.05) is 0 Å². The van der Waals surface area contributed by atoms with E-state index < -0.39 is 16.1 Å². The van der Waals surface area contributed by atoms with Gasteiger partial charge < -0.3 is 22.5 Å². The zero-order chi connectivity index (χ0) is 19.3. The number of sulfonamides is 1. The summed E-state index contributed by atoms with van der Waals surface area (Å²) in [5.41, 5.74) is 16.8. The Morgan fingerprint density at radius 1 is 1.19 bits per heavy atom. The van der Waals surface area contributed by atoms with Crippen molar-refractivity contribution in [3.05, 3.63) is 36.4 Å². The van der Waals surface area contributed by atoms with Crippen molar-refractivity contribution < 1.29 is 13.2 Å². The summed E-state index contributed by atoms with van der Waals surface area (Å²) >= 11 is 0. The molecule has 9 nitrogen and oxygen atoms in total. The molecule has 27 heavy (non-hydrogen) atoms. The first kappa shape index (κ1) is 22.8. The fourth-order valence-corrected chi connectivity index (χ4v) is 3.23. The number of amides is 1. The van der Waals surface area contributed by atoms with Crippen LogP contribution in [0.15, 0.2) is 46.3 Å². The number of aliphatic imine (C=N–C) groups is 1. The van der Waals surface area contributed by atoms with Crippen LogP contribution in [0.1, 0.15) is 12.8 Å². The van der Waals surface area contributed by atoms with Crippen molar-refractivity contribution in [2.24, 2.45) is 27.3 Å². The quantitative estimate of drug-likeness (QED) is 0.227. The van der Waals surface area contributed by atoms with Crippen molar-refractivity contribution in [3.8, 4) is 0 Å². The summed E-state index contributed by atoms with van der Waals surface area (Å²) in [4.78, 5) is 16.0. The van der Waals surface area contributed by atoms with E-state index in [0.717, 1.165) is 0 Å². The first-order valence-electron chi connectivity index (χ1n) is 7.86. The van der Waals surface area contributed by atoms with Gasteiger partial charge in [0.25, 0.3) is 0 Å². The number of carbonyl (C=O) groups excluding carboxylic acids is 1. The average Bonchev–Trinajstić information content (AvgIpc) is 2.56. The van der Waals surface area contributed by atoms with E-state index in [1.54, 1.807) is 30.3 Å². The van der Waals surface area contributed by atoms with Gasteiger partial charge in [-0.1, -0.05) is 18.2 Å². The summed E-state index contributed by atoms with van der Waals surface area (Å²) in [7, 11) is -3.83. The number of guanidine groups is 1. The fourth-order valence-electron chi connectivity index (χ4n) is 2.47. The summed E-state index contributed by atoms with van der Waals surface area (Å²) in [6.07, 6.45) is 0.994. The Bertz CT molecular complexity index is 944. The second-order valence-electron chi connectivity index (χ2n) is 5.78. The lowest BCUT2D eigenvalue weighted by Gasteiger charge is -2.13. The van der Waals surface area contributed by atoms with E-state index in [1.165, 1.54) is 6.07 Å². The number of nitrogens with one attached hydrogen (secondary N) is 1. The summed E-state index contributed by atoms with van der Waals surface area (Å²) in [5, 5.41) is 9.05. The van der Waals surface area contributed by atoms with E-state index in [4.69, 9.17) is 22.3 Å². The molecule has 0 radical (unpaired) electrons. The van der Waals surface area contributed by atoms with Crippen molar-refractivity contribution in [2.45, 2.75) is 23.8 Å². The highest BCUT2D eigenvalue weighted by molar-refractivity contribution is 8.93. The van der Waals surface area contributed by atoms with Gasteiger partial charge in [0.15, 0.2) is 5.96 Å². The zero-order valence-electron chi connectivity index (χ0n) is 14.5. The van der Waals surface area contributed by atoms with Crippen LogP contribution in [0, 0.1) is 0 Å². The molecule has 0 saturated carbocycles. The number of primary sulfonamides is 1. The Morgan fingerprint density at radius 2 is 1.89 bits per heavy atom. The van der Waals surface area contributed by atoms with Crippen molar-refractivity contribution in [1.29, 1.82) is 0 Å². The molecule has 0 heterocycles. The normalized spacial score (nSPS) is 12.1. The third kappa shape index (κ3) is 6.47. The Labute approximate surface area is 168 Å². The van der Waals surface area contributed by atoms with Crippen LogP contribution in [0.3, 0.4) is 0 Å². The Balaban J connectivity index is 0.00000364. The van der Waals surface area contributed by atoms with Gasteiger partial charge in [-0.15, -0.1) is 17.0 Å². The SMILES string of the molecule is Br.NC(N)=NCCC[C@H](N)C(=O)Nc1ccc2c(S(N)(=O)=O)cccc2c1. The van der Waals surface area contributed by atoms with Gasteiger partial charge in [0, 0.05) is 17.6 Å². The second kappa shape index (κ2) is 9.65. The molecule has 0 bridgehead atoms. The molecule has 2 aromatic carbocycles. The molecule has 2 rings (SSSR count). The van der Waals surface area contributed by atoms with Crippen molar-refractivity contribution in [1.82, 2.24) is 0 Å². The minimum atomic E-state index is -3.83. The average molecular weight is 459 g/mol. The molecule has 1 amide bonds. The fraction of sp³-hybridized carbons (Fsp3) is 0.250. The van der Waals surface area contributed by atoms with E-state index in [0.29, 0.717) is 35.8 Å². The summed E-state index contributed by atoms with van der Waals surface area (Å²) < 4.78 is 23.3. The number of benzene rings is 2. The monoisotopic (exact) mass is 458 g/mol. The van der Waals surface area contributed by atoms with Gasteiger partial charge in [-0.25, -0.2) is 13.6 Å². The lowest BCUT2D eigenvalue weighted by Crippen LogP contribution is -2.35. The van der Waals surface area contributed by atoms with Gasteiger partial charge in [0.05, 0.1) is 10.9 Å². The number of nitrogens with two attached hydrogens (primary N) is 4. The molecule has 0 aliphatic carbocycles. The standard InChI is InChI=1S/C16H22N6O3S.BrH/c17-13(4-2-8-21-16(18)19)15(23)22-11-6-7-12-10(9-11)3-1-5-14(12)26(20,24)25;/h1,3,5-7,9,13H,2,4,8,17H2,(H,22,23)(H4,18,19,21)(H2,20,24,25);1H/t13-;/m0./s1. The second-order valence-corrected chi connectivity index (χ2v) is 7.31. The molecule has 0 saturated heterocycles. The Hall–Kier alpha value is -2.21.